The van der Waals surface area contributed by atoms with Gasteiger partial charge < -0.3 is 10.5 Å². The molecule has 84 valence electrons. The van der Waals surface area contributed by atoms with Crippen LogP contribution in [0, 0.1) is 0 Å². The minimum Gasteiger partial charge on any atom is -0.380 e. The first-order chi connectivity index (χ1) is 7.81. The van der Waals surface area contributed by atoms with E-state index >= 15 is 0 Å². The average Bonchev–Trinajstić information content (AvgIpc) is 2.35. The number of hydrogen-bond acceptors (Lipinski definition) is 4. The predicted molar refractivity (Wildman–Crippen MR) is 63.0 cm³/mol. The molecule has 0 aliphatic rings. The number of hydrogen-bond donors (Lipinski definition) is 1. The summed E-state index contributed by atoms with van der Waals surface area (Å²) in [5.41, 5.74) is 8.78. The lowest BCUT2D eigenvalue weighted by atomic mass is 10.1. The van der Waals surface area contributed by atoms with Crippen LogP contribution in [-0.4, -0.2) is 23.2 Å². The summed E-state index contributed by atoms with van der Waals surface area (Å²) < 4.78 is 5.30. The minimum atomic E-state index is -0.105. The van der Waals surface area contributed by atoms with Crippen molar-refractivity contribution in [1.82, 2.24) is 9.97 Å². The number of fused-ring (bicyclic) bond motifs is 1. The first-order valence-electron chi connectivity index (χ1n) is 5.35. The van der Waals surface area contributed by atoms with Crippen molar-refractivity contribution in [3.8, 4) is 0 Å². The summed E-state index contributed by atoms with van der Waals surface area (Å²) in [6.07, 6.45) is 3.36. The van der Waals surface area contributed by atoms with E-state index in [4.69, 9.17) is 10.5 Å². The topological polar surface area (TPSA) is 61.0 Å². The maximum Gasteiger partial charge on any atom is 0.0890 e. The van der Waals surface area contributed by atoms with Gasteiger partial charge in [0.2, 0.25) is 0 Å². The Labute approximate surface area is 94.5 Å². The molecule has 16 heavy (non-hydrogen) atoms. The van der Waals surface area contributed by atoms with E-state index < -0.39 is 0 Å². The van der Waals surface area contributed by atoms with Crippen molar-refractivity contribution in [3.05, 3.63) is 36.2 Å². The molecule has 0 bridgehead atoms. The zero-order chi connectivity index (χ0) is 11.4. The zero-order valence-corrected chi connectivity index (χ0v) is 9.26. The Bertz CT molecular complexity index is 473. The van der Waals surface area contributed by atoms with Gasteiger partial charge in [-0.1, -0.05) is 6.07 Å². The third-order valence-electron chi connectivity index (χ3n) is 2.42. The van der Waals surface area contributed by atoms with Gasteiger partial charge in [0.1, 0.15) is 0 Å². The molecule has 4 heteroatoms. The smallest absolute Gasteiger partial charge is 0.0890 e. The van der Waals surface area contributed by atoms with Gasteiger partial charge in [0, 0.05) is 19.0 Å². The van der Waals surface area contributed by atoms with Crippen molar-refractivity contribution in [2.24, 2.45) is 5.73 Å². The molecule has 1 unspecified atom stereocenters. The molecule has 2 aromatic rings. The molecule has 2 N–H and O–H groups in total. The Hall–Kier alpha value is -1.52. The summed E-state index contributed by atoms with van der Waals surface area (Å²) in [6.45, 7) is 3.17. The van der Waals surface area contributed by atoms with Crippen molar-refractivity contribution in [2.45, 2.75) is 13.0 Å². The van der Waals surface area contributed by atoms with Gasteiger partial charge in [-0.3, -0.25) is 9.97 Å². The lowest BCUT2D eigenvalue weighted by molar-refractivity contribution is 0.133. The van der Waals surface area contributed by atoms with Crippen molar-refractivity contribution >= 4 is 11.0 Å². The second kappa shape index (κ2) is 5.01. The van der Waals surface area contributed by atoms with Crippen molar-refractivity contribution in [3.63, 3.8) is 0 Å². The molecule has 0 spiro atoms. The van der Waals surface area contributed by atoms with Gasteiger partial charge in [-0.25, -0.2) is 0 Å². The van der Waals surface area contributed by atoms with Crippen LogP contribution in [0.1, 0.15) is 18.5 Å². The third-order valence-corrected chi connectivity index (χ3v) is 2.42. The average molecular weight is 217 g/mol. The van der Waals surface area contributed by atoms with Crippen LogP contribution in [-0.2, 0) is 4.74 Å². The van der Waals surface area contributed by atoms with Gasteiger partial charge in [-0.05, 0) is 24.6 Å². The van der Waals surface area contributed by atoms with E-state index in [1.54, 1.807) is 12.4 Å². The summed E-state index contributed by atoms with van der Waals surface area (Å²) in [5, 5.41) is 0. The Kier molecular flexibility index (Phi) is 3.44. The van der Waals surface area contributed by atoms with Gasteiger partial charge in [0.15, 0.2) is 0 Å². The highest BCUT2D eigenvalue weighted by molar-refractivity contribution is 5.74. The molecule has 0 saturated carbocycles. The fraction of sp³-hybridized carbons (Fsp3) is 0.333. The molecule has 0 fully saturated rings. The molecule has 0 aliphatic heterocycles. The summed E-state index contributed by atoms with van der Waals surface area (Å²) >= 11 is 0. The molecule has 4 nitrogen and oxygen atoms in total. The fourth-order valence-electron chi connectivity index (χ4n) is 1.55. The maximum absolute atomic E-state index is 6.00. The van der Waals surface area contributed by atoms with Crippen LogP contribution in [0.2, 0.25) is 0 Å². The van der Waals surface area contributed by atoms with E-state index in [9.17, 15) is 0 Å². The second-order valence-corrected chi connectivity index (χ2v) is 3.57. The second-order valence-electron chi connectivity index (χ2n) is 3.57. The first-order valence-corrected chi connectivity index (χ1v) is 5.35. The quantitative estimate of drug-likeness (QED) is 0.846. The third kappa shape index (κ3) is 2.35. The lowest BCUT2D eigenvalue weighted by Crippen LogP contribution is -2.17. The highest BCUT2D eigenvalue weighted by atomic mass is 16.5. The number of aromatic nitrogens is 2. The molecule has 0 saturated heterocycles. The van der Waals surface area contributed by atoms with Crippen molar-refractivity contribution < 1.29 is 4.74 Å². The van der Waals surface area contributed by atoms with Crippen LogP contribution in [0.3, 0.4) is 0 Å². The van der Waals surface area contributed by atoms with Gasteiger partial charge in [-0.2, -0.15) is 0 Å². The molecule has 1 heterocycles. The maximum atomic E-state index is 6.00. The normalized spacial score (nSPS) is 12.9. The predicted octanol–water partition coefficient (Wildman–Crippen LogP) is 1.67. The van der Waals surface area contributed by atoms with Gasteiger partial charge >= 0.3 is 0 Å². The van der Waals surface area contributed by atoms with Crippen LogP contribution >= 0.6 is 0 Å². The SMILES string of the molecule is CCOCC(N)c1ccc2nccnc2c1. The van der Waals surface area contributed by atoms with Crippen LogP contribution < -0.4 is 5.73 Å². The Morgan fingerprint density at radius 2 is 2.00 bits per heavy atom. The highest BCUT2D eigenvalue weighted by Crippen LogP contribution is 2.16. The van der Waals surface area contributed by atoms with Gasteiger partial charge in [0.25, 0.3) is 0 Å². The van der Waals surface area contributed by atoms with E-state index in [0.29, 0.717) is 13.2 Å². The molecule has 1 aromatic heterocycles. The number of nitrogens with two attached hydrogens (primary N) is 1. The summed E-state index contributed by atoms with van der Waals surface area (Å²) in [4.78, 5) is 8.45. The largest absolute Gasteiger partial charge is 0.380 e. The molecular weight excluding hydrogens is 202 g/mol. The Morgan fingerprint density at radius 1 is 1.25 bits per heavy atom. The zero-order valence-electron chi connectivity index (χ0n) is 9.26. The molecule has 1 aromatic carbocycles. The Morgan fingerprint density at radius 3 is 2.75 bits per heavy atom. The number of ether oxygens (including phenoxy) is 1. The van der Waals surface area contributed by atoms with Crippen molar-refractivity contribution in [1.29, 1.82) is 0 Å². The Balaban J connectivity index is 2.25. The van der Waals surface area contributed by atoms with Crippen molar-refractivity contribution in [2.75, 3.05) is 13.2 Å². The number of nitrogens with zero attached hydrogens (tertiary/aromatic N) is 2. The van der Waals surface area contributed by atoms with Crippen LogP contribution in [0.25, 0.3) is 11.0 Å². The van der Waals surface area contributed by atoms with Gasteiger partial charge in [-0.15, -0.1) is 0 Å². The number of benzene rings is 1. The summed E-state index contributed by atoms with van der Waals surface area (Å²) in [7, 11) is 0. The fourth-order valence-corrected chi connectivity index (χ4v) is 1.55. The van der Waals surface area contributed by atoms with Crippen LogP contribution in [0.15, 0.2) is 30.6 Å². The minimum absolute atomic E-state index is 0.105. The monoisotopic (exact) mass is 217 g/mol. The molecule has 0 radical (unpaired) electrons. The molecule has 2 rings (SSSR count). The van der Waals surface area contributed by atoms with E-state index in [1.807, 2.05) is 25.1 Å². The molecule has 0 amide bonds. The summed E-state index contributed by atoms with van der Waals surface area (Å²) in [6, 6.07) is 5.77. The standard InChI is InChI=1S/C12H15N3O/c1-2-16-8-10(13)9-3-4-11-12(7-9)15-6-5-14-11/h3-7,10H,2,8,13H2,1H3. The van der Waals surface area contributed by atoms with Gasteiger partial charge in [0.05, 0.1) is 23.7 Å². The van der Waals surface area contributed by atoms with Crippen LogP contribution in [0.5, 0.6) is 0 Å². The van der Waals surface area contributed by atoms with E-state index in [-0.39, 0.29) is 6.04 Å². The number of rotatable bonds is 4. The molecule has 1 atom stereocenters. The van der Waals surface area contributed by atoms with E-state index in [2.05, 4.69) is 9.97 Å². The first kappa shape index (κ1) is 11.0. The van der Waals surface area contributed by atoms with E-state index in [0.717, 1.165) is 16.6 Å². The highest BCUT2D eigenvalue weighted by Gasteiger charge is 2.07. The molecule has 0 aliphatic carbocycles. The lowest BCUT2D eigenvalue weighted by Gasteiger charge is -2.11. The van der Waals surface area contributed by atoms with E-state index in [1.165, 1.54) is 0 Å². The van der Waals surface area contributed by atoms with Crippen LogP contribution in [0.4, 0.5) is 0 Å². The molecular formula is C12H15N3O. The summed E-state index contributed by atoms with van der Waals surface area (Å²) in [5.74, 6) is 0.